The zero-order valence-electron chi connectivity index (χ0n) is 14.3. The van der Waals surface area contributed by atoms with Gasteiger partial charge in [-0.1, -0.05) is 30.3 Å². The van der Waals surface area contributed by atoms with Crippen LogP contribution in [-0.2, 0) is 16.1 Å². The van der Waals surface area contributed by atoms with Gasteiger partial charge < -0.3 is 14.4 Å². The minimum absolute atomic E-state index is 0.00929. The summed E-state index contributed by atoms with van der Waals surface area (Å²) < 4.78 is 65.4. The van der Waals surface area contributed by atoms with Gasteiger partial charge in [0.1, 0.15) is 5.56 Å². The summed E-state index contributed by atoms with van der Waals surface area (Å²) in [5.41, 5.74) is -0.279. The fraction of sp³-hybridized carbons (Fsp3) is 0.316. The maximum Gasteiger partial charge on any atom is 0.260 e. The Balaban J connectivity index is 1.63. The average Bonchev–Trinajstić information content (AvgIpc) is 2.68. The van der Waals surface area contributed by atoms with Crippen molar-refractivity contribution in [3.8, 4) is 0 Å². The van der Waals surface area contributed by atoms with E-state index in [0.29, 0.717) is 6.61 Å². The molecule has 0 radical (unpaired) electrons. The smallest absolute Gasteiger partial charge is 0.260 e. The summed E-state index contributed by atoms with van der Waals surface area (Å²) in [4.78, 5) is 13.5. The molecule has 0 spiro atoms. The van der Waals surface area contributed by atoms with E-state index < -0.39 is 40.8 Å². The summed E-state index contributed by atoms with van der Waals surface area (Å²) in [6.07, 6.45) is -0.518. The standard InChI is InChI=1S/C19H17F4NO3/c20-14-8-15(21)18(23)16(17(14)22)19(25)24-6-7-27-13(9-24)11-26-10-12-4-2-1-3-5-12/h1-5,8,13H,6-7,9-11H2. The second kappa shape index (κ2) is 8.49. The molecule has 4 nitrogen and oxygen atoms in total. The van der Waals surface area contributed by atoms with Crippen molar-refractivity contribution in [1.29, 1.82) is 0 Å². The molecule has 1 atom stereocenters. The third-order valence-electron chi connectivity index (χ3n) is 4.17. The van der Waals surface area contributed by atoms with E-state index >= 15 is 0 Å². The number of ether oxygens (including phenoxy) is 2. The molecule has 0 aromatic heterocycles. The highest BCUT2D eigenvalue weighted by molar-refractivity contribution is 5.95. The first-order valence-corrected chi connectivity index (χ1v) is 8.33. The Morgan fingerprint density at radius 1 is 1.11 bits per heavy atom. The minimum atomic E-state index is -1.71. The molecule has 2 aromatic carbocycles. The molecule has 27 heavy (non-hydrogen) atoms. The number of halogens is 4. The molecule has 1 heterocycles. The molecule has 1 aliphatic heterocycles. The van der Waals surface area contributed by atoms with Crippen LogP contribution in [0.2, 0.25) is 0 Å². The van der Waals surface area contributed by atoms with Crippen LogP contribution in [0.5, 0.6) is 0 Å². The van der Waals surface area contributed by atoms with E-state index in [2.05, 4.69) is 0 Å². The van der Waals surface area contributed by atoms with Gasteiger partial charge in [-0.05, 0) is 5.56 Å². The highest BCUT2D eigenvalue weighted by Gasteiger charge is 2.31. The molecule has 8 heteroatoms. The van der Waals surface area contributed by atoms with Gasteiger partial charge in [-0.2, -0.15) is 0 Å². The van der Waals surface area contributed by atoms with E-state index in [1.54, 1.807) is 0 Å². The Hall–Kier alpha value is -2.45. The molecule has 1 amide bonds. The maximum atomic E-state index is 13.9. The number of morpholine rings is 1. The molecule has 1 fully saturated rings. The van der Waals surface area contributed by atoms with Crippen molar-refractivity contribution < 1.29 is 31.8 Å². The predicted octanol–water partition coefficient (Wildman–Crippen LogP) is 3.30. The van der Waals surface area contributed by atoms with Crippen molar-refractivity contribution >= 4 is 5.91 Å². The van der Waals surface area contributed by atoms with Crippen LogP contribution in [0.1, 0.15) is 15.9 Å². The maximum absolute atomic E-state index is 13.9. The van der Waals surface area contributed by atoms with Gasteiger partial charge in [-0.15, -0.1) is 0 Å². The summed E-state index contributed by atoms with van der Waals surface area (Å²) in [6, 6.07) is 9.48. The van der Waals surface area contributed by atoms with Crippen LogP contribution in [0.3, 0.4) is 0 Å². The van der Waals surface area contributed by atoms with Crippen LogP contribution < -0.4 is 0 Å². The van der Waals surface area contributed by atoms with E-state index in [9.17, 15) is 22.4 Å². The van der Waals surface area contributed by atoms with Gasteiger partial charge >= 0.3 is 0 Å². The van der Waals surface area contributed by atoms with Gasteiger partial charge in [0.05, 0.1) is 25.9 Å². The zero-order valence-corrected chi connectivity index (χ0v) is 14.3. The van der Waals surface area contributed by atoms with Gasteiger partial charge in [0.15, 0.2) is 23.3 Å². The topological polar surface area (TPSA) is 38.8 Å². The Bertz CT molecular complexity index is 790. The normalized spacial score (nSPS) is 17.2. The number of benzene rings is 2. The second-order valence-corrected chi connectivity index (χ2v) is 6.09. The number of nitrogens with zero attached hydrogens (tertiary/aromatic N) is 1. The monoisotopic (exact) mass is 383 g/mol. The van der Waals surface area contributed by atoms with Crippen LogP contribution in [-0.4, -0.2) is 43.2 Å². The summed E-state index contributed by atoms with van der Waals surface area (Å²) in [5.74, 6) is -7.77. The Labute approximate surface area is 153 Å². The van der Waals surface area contributed by atoms with Crippen LogP contribution in [0.15, 0.2) is 36.4 Å². The van der Waals surface area contributed by atoms with Crippen molar-refractivity contribution in [2.45, 2.75) is 12.7 Å². The number of amides is 1. The predicted molar refractivity (Wildman–Crippen MR) is 88.0 cm³/mol. The first-order valence-electron chi connectivity index (χ1n) is 8.33. The van der Waals surface area contributed by atoms with Gasteiger partial charge in [0.25, 0.3) is 5.91 Å². The van der Waals surface area contributed by atoms with E-state index in [-0.39, 0.29) is 32.4 Å². The number of carbonyl (C=O) groups is 1. The first-order chi connectivity index (χ1) is 13.0. The Kier molecular flexibility index (Phi) is 6.08. The molecule has 144 valence electrons. The second-order valence-electron chi connectivity index (χ2n) is 6.09. The fourth-order valence-corrected chi connectivity index (χ4v) is 2.81. The fourth-order valence-electron chi connectivity index (χ4n) is 2.81. The molecule has 3 rings (SSSR count). The zero-order chi connectivity index (χ0) is 19.4. The van der Waals surface area contributed by atoms with Crippen molar-refractivity contribution in [3.63, 3.8) is 0 Å². The molecule has 1 saturated heterocycles. The van der Waals surface area contributed by atoms with Crippen LogP contribution >= 0.6 is 0 Å². The average molecular weight is 383 g/mol. The Morgan fingerprint density at radius 2 is 1.78 bits per heavy atom. The molecule has 0 bridgehead atoms. The lowest BCUT2D eigenvalue weighted by atomic mass is 10.1. The van der Waals surface area contributed by atoms with E-state index in [1.807, 2.05) is 30.3 Å². The third kappa shape index (κ3) is 4.45. The molecular formula is C19H17F4NO3. The van der Waals surface area contributed by atoms with Crippen molar-refractivity contribution in [2.75, 3.05) is 26.3 Å². The van der Waals surface area contributed by atoms with Crippen LogP contribution in [0.25, 0.3) is 0 Å². The number of rotatable bonds is 5. The number of hydrogen-bond acceptors (Lipinski definition) is 3. The van der Waals surface area contributed by atoms with Crippen molar-refractivity contribution in [2.24, 2.45) is 0 Å². The SMILES string of the molecule is O=C(c1c(F)c(F)cc(F)c1F)N1CCOC(COCc2ccccc2)C1. The minimum Gasteiger partial charge on any atom is -0.374 e. The molecule has 0 N–H and O–H groups in total. The summed E-state index contributed by atoms with van der Waals surface area (Å²) in [6.45, 7) is 0.649. The largest absolute Gasteiger partial charge is 0.374 e. The van der Waals surface area contributed by atoms with E-state index in [1.165, 1.54) is 0 Å². The summed E-state index contributed by atoms with van der Waals surface area (Å²) in [7, 11) is 0. The van der Waals surface area contributed by atoms with E-state index in [4.69, 9.17) is 9.47 Å². The first kappa shape index (κ1) is 19.3. The quantitative estimate of drug-likeness (QED) is 0.588. The lowest BCUT2D eigenvalue weighted by molar-refractivity contribution is -0.0648. The van der Waals surface area contributed by atoms with Crippen LogP contribution in [0, 0.1) is 23.3 Å². The van der Waals surface area contributed by atoms with Gasteiger partial charge in [0.2, 0.25) is 0 Å². The Morgan fingerprint density at radius 3 is 2.44 bits per heavy atom. The van der Waals surface area contributed by atoms with E-state index in [0.717, 1.165) is 10.5 Å². The lowest BCUT2D eigenvalue weighted by Gasteiger charge is -2.33. The summed E-state index contributed by atoms with van der Waals surface area (Å²) >= 11 is 0. The number of hydrogen-bond donors (Lipinski definition) is 0. The molecule has 2 aromatic rings. The molecule has 0 saturated carbocycles. The third-order valence-corrected chi connectivity index (χ3v) is 4.17. The highest BCUT2D eigenvalue weighted by Crippen LogP contribution is 2.22. The number of carbonyl (C=O) groups excluding carboxylic acids is 1. The highest BCUT2D eigenvalue weighted by atomic mass is 19.2. The van der Waals surface area contributed by atoms with Crippen LogP contribution in [0.4, 0.5) is 17.6 Å². The van der Waals surface area contributed by atoms with Crippen molar-refractivity contribution in [1.82, 2.24) is 4.90 Å². The molecule has 0 aliphatic carbocycles. The van der Waals surface area contributed by atoms with Gasteiger partial charge in [-0.3, -0.25) is 4.79 Å². The van der Waals surface area contributed by atoms with Gasteiger partial charge in [0, 0.05) is 19.2 Å². The molecule has 1 aliphatic rings. The molecular weight excluding hydrogens is 366 g/mol. The van der Waals surface area contributed by atoms with Crippen molar-refractivity contribution in [3.05, 3.63) is 70.8 Å². The lowest BCUT2D eigenvalue weighted by Crippen LogP contribution is -2.47. The van der Waals surface area contributed by atoms with Gasteiger partial charge in [-0.25, -0.2) is 17.6 Å². The molecule has 1 unspecified atom stereocenters. The summed E-state index contributed by atoms with van der Waals surface area (Å²) in [5, 5.41) is 0.